The molecule has 0 bridgehead atoms. The lowest BCUT2D eigenvalue weighted by molar-refractivity contribution is -0.156. The third kappa shape index (κ3) is 3.60. The zero-order valence-corrected chi connectivity index (χ0v) is 16.6. The van der Waals surface area contributed by atoms with Crippen LogP contribution in [0, 0.1) is 0 Å². The summed E-state index contributed by atoms with van der Waals surface area (Å²) in [4.78, 5) is 27.6. The first-order chi connectivity index (χ1) is 13.4. The molecule has 1 heterocycles. The van der Waals surface area contributed by atoms with Crippen LogP contribution in [0.4, 0.5) is 4.79 Å². The van der Waals surface area contributed by atoms with Gasteiger partial charge in [-0.1, -0.05) is 60.7 Å². The molecule has 6 heteroatoms. The normalized spacial score (nSPS) is 20.7. The van der Waals surface area contributed by atoms with Crippen molar-refractivity contribution in [1.29, 1.82) is 0 Å². The fraction of sp³-hybridized carbons (Fsp3) is 0.364. The van der Waals surface area contributed by atoms with Crippen molar-refractivity contribution in [2.24, 2.45) is 0 Å². The summed E-state index contributed by atoms with van der Waals surface area (Å²) >= 11 is 0. The number of amides is 2. The largest absolute Gasteiger partial charge is 0.463 e. The molecule has 0 radical (unpaired) electrons. The fourth-order valence-electron chi connectivity index (χ4n) is 3.58. The molecule has 0 aromatic heterocycles. The molecule has 1 fully saturated rings. The minimum atomic E-state index is -1.36. The highest BCUT2D eigenvalue weighted by Gasteiger charge is 2.63. The predicted molar refractivity (Wildman–Crippen MR) is 107 cm³/mol. The van der Waals surface area contributed by atoms with E-state index in [1.54, 1.807) is 11.8 Å². The van der Waals surface area contributed by atoms with Gasteiger partial charge < -0.3 is 15.0 Å². The molecule has 2 N–H and O–H groups in total. The summed E-state index contributed by atoms with van der Waals surface area (Å²) in [7, 11) is 0. The van der Waals surface area contributed by atoms with Crippen LogP contribution in [0.3, 0.4) is 0 Å². The molecule has 0 spiro atoms. The summed E-state index contributed by atoms with van der Waals surface area (Å²) in [6, 6.07) is 19.2. The molecule has 1 aliphatic heterocycles. The Bertz CT molecular complexity index is 823. The molecular formula is C22H27N3O3. The Morgan fingerprint density at radius 3 is 2.18 bits per heavy atom. The van der Waals surface area contributed by atoms with Crippen molar-refractivity contribution in [3.63, 3.8) is 0 Å². The maximum Gasteiger partial charge on any atom is 0.349 e. The first-order valence-corrected chi connectivity index (χ1v) is 9.50. The predicted octanol–water partition coefficient (Wildman–Crippen LogP) is 3.04. The Balaban J connectivity index is 1.91. The van der Waals surface area contributed by atoms with Gasteiger partial charge in [-0.15, -0.1) is 0 Å². The number of urea groups is 1. The van der Waals surface area contributed by atoms with E-state index in [1.807, 2.05) is 74.5 Å². The quantitative estimate of drug-likeness (QED) is 0.723. The Hall–Kier alpha value is -2.86. The molecule has 6 nitrogen and oxygen atoms in total. The average molecular weight is 381 g/mol. The van der Waals surface area contributed by atoms with E-state index in [2.05, 4.69) is 10.6 Å². The number of nitrogens with one attached hydrogen (secondary N) is 2. The molecule has 0 aliphatic carbocycles. The highest BCUT2D eigenvalue weighted by atomic mass is 16.5. The second-order valence-electron chi connectivity index (χ2n) is 7.37. The fourth-order valence-corrected chi connectivity index (χ4v) is 3.58. The Morgan fingerprint density at radius 2 is 1.61 bits per heavy atom. The monoisotopic (exact) mass is 381 g/mol. The van der Waals surface area contributed by atoms with E-state index in [0.29, 0.717) is 13.1 Å². The number of benzene rings is 2. The van der Waals surface area contributed by atoms with Gasteiger partial charge in [0.25, 0.3) is 0 Å². The van der Waals surface area contributed by atoms with E-state index in [4.69, 9.17) is 4.74 Å². The van der Waals surface area contributed by atoms with Crippen LogP contribution >= 0.6 is 0 Å². The van der Waals surface area contributed by atoms with E-state index >= 15 is 0 Å². The van der Waals surface area contributed by atoms with Gasteiger partial charge in [0.15, 0.2) is 0 Å². The topological polar surface area (TPSA) is 70.7 Å². The van der Waals surface area contributed by atoms with E-state index < -0.39 is 17.2 Å². The Morgan fingerprint density at radius 1 is 1.04 bits per heavy atom. The number of nitrogens with zero attached hydrogens (tertiary/aromatic N) is 1. The molecular weight excluding hydrogens is 354 g/mol. The van der Waals surface area contributed by atoms with Crippen molar-refractivity contribution < 1.29 is 14.3 Å². The van der Waals surface area contributed by atoms with Crippen molar-refractivity contribution >= 4 is 12.0 Å². The van der Waals surface area contributed by atoms with Gasteiger partial charge in [-0.2, -0.15) is 0 Å². The number of carbonyl (C=O) groups is 2. The van der Waals surface area contributed by atoms with Crippen molar-refractivity contribution in [2.45, 2.75) is 45.1 Å². The lowest BCUT2D eigenvalue weighted by Crippen LogP contribution is -2.70. The van der Waals surface area contributed by atoms with Gasteiger partial charge >= 0.3 is 12.0 Å². The highest BCUT2D eigenvalue weighted by Crippen LogP contribution is 2.35. The number of hydrogen-bond donors (Lipinski definition) is 2. The number of hydrogen-bond acceptors (Lipinski definition) is 4. The summed E-state index contributed by atoms with van der Waals surface area (Å²) in [6.07, 6.45) is 0. The van der Waals surface area contributed by atoms with Crippen molar-refractivity contribution in [2.75, 3.05) is 6.61 Å². The van der Waals surface area contributed by atoms with Gasteiger partial charge in [0, 0.05) is 13.1 Å². The van der Waals surface area contributed by atoms with Crippen LogP contribution < -0.4 is 10.6 Å². The van der Waals surface area contributed by atoms with E-state index in [1.165, 1.54) is 0 Å². The highest BCUT2D eigenvalue weighted by molar-refractivity contribution is 5.93. The van der Waals surface area contributed by atoms with Crippen molar-refractivity contribution in [3.8, 4) is 0 Å². The average Bonchev–Trinajstić information content (AvgIpc) is 2.89. The van der Waals surface area contributed by atoms with Crippen LogP contribution in [-0.2, 0) is 22.6 Å². The maximum atomic E-state index is 13.0. The molecule has 2 aromatic rings. The van der Waals surface area contributed by atoms with Gasteiger partial charge in [0.05, 0.1) is 12.1 Å². The lowest BCUT2D eigenvalue weighted by atomic mass is 9.86. The van der Waals surface area contributed by atoms with Crippen LogP contribution in [0.1, 0.15) is 31.9 Å². The molecule has 0 saturated carbocycles. The number of carbonyl (C=O) groups excluding carboxylic acids is 2. The van der Waals surface area contributed by atoms with E-state index in [0.717, 1.165) is 11.1 Å². The lowest BCUT2D eigenvalue weighted by Gasteiger charge is -2.42. The first kappa shape index (κ1) is 19.9. The molecule has 1 saturated heterocycles. The number of ether oxygens (including phenoxy) is 1. The Kier molecular flexibility index (Phi) is 5.70. The molecule has 1 aliphatic rings. The zero-order valence-electron chi connectivity index (χ0n) is 16.6. The Labute approximate surface area is 165 Å². The van der Waals surface area contributed by atoms with Gasteiger partial charge in [-0.3, -0.25) is 5.32 Å². The summed E-state index contributed by atoms with van der Waals surface area (Å²) in [5, 5.41) is 6.17. The maximum absolute atomic E-state index is 13.0. The molecule has 1 atom stereocenters. The number of rotatable bonds is 7. The van der Waals surface area contributed by atoms with Crippen LogP contribution in [-0.4, -0.2) is 34.7 Å². The molecule has 28 heavy (non-hydrogen) atoms. The number of esters is 1. The molecule has 2 aromatic carbocycles. The van der Waals surface area contributed by atoms with Crippen LogP contribution in [0.25, 0.3) is 0 Å². The van der Waals surface area contributed by atoms with Crippen LogP contribution in [0.5, 0.6) is 0 Å². The van der Waals surface area contributed by atoms with Crippen molar-refractivity contribution in [3.05, 3.63) is 71.8 Å². The smallest absolute Gasteiger partial charge is 0.349 e. The second kappa shape index (κ2) is 8.02. The third-order valence-corrected chi connectivity index (χ3v) is 5.30. The third-order valence-electron chi connectivity index (χ3n) is 5.30. The summed E-state index contributed by atoms with van der Waals surface area (Å²) in [6.45, 7) is 6.56. The minimum Gasteiger partial charge on any atom is -0.463 e. The molecule has 1 unspecified atom stereocenters. The standard InChI is InChI=1S/C22H27N3O3/c1-4-28-19(26)22(23-15-17-11-7-5-8-12-17)21(2,3)25(20(27)24-22)16-18-13-9-6-10-14-18/h5-14,23H,4,15-16H2,1-3H3,(H,24,27). The van der Waals surface area contributed by atoms with Gasteiger partial charge in [0.1, 0.15) is 0 Å². The van der Waals surface area contributed by atoms with Crippen molar-refractivity contribution in [1.82, 2.24) is 15.5 Å². The molecule has 3 rings (SSSR count). The van der Waals surface area contributed by atoms with Crippen LogP contribution in [0.2, 0.25) is 0 Å². The second-order valence-corrected chi connectivity index (χ2v) is 7.37. The van der Waals surface area contributed by atoms with E-state index in [9.17, 15) is 9.59 Å². The first-order valence-electron chi connectivity index (χ1n) is 9.50. The summed E-state index contributed by atoms with van der Waals surface area (Å²) < 4.78 is 5.36. The molecule has 148 valence electrons. The van der Waals surface area contributed by atoms with Gasteiger partial charge in [-0.05, 0) is 31.9 Å². The van der Waals surface area contributed by atoms with E-state index in [-0.39, 0.29) is 12.6 Å². The molecule has 2 amide bonds. The zero-order chi connectivity index (χ0) is 20.2. The summed E-state index contributed by atoms with van der Waals surface area (Å²) in [5.74, 6) is -0.486. The van der Waals surface area contributed by atoms with Gasteiger partial charge in [-0.25, -0.2) is 9.59 Å². The summed E-state index contributed by atoms with van der Waals surface area (Å²) in [5.41, 5.74) is -0.211. The SMILES string of the molecule is CCOC(=O)C1(NCc2ccccc2)NC(=O)N(Cc2ccccc2)C1(C)C. The minimum absolute atomic E-state index is 0.234. The van der Waals surface area contributed by atoms with Gasteiger partial charge in [0.2, 0.25) is 5.66 Å². The van der Waals surface area contributed by atoms with Crippen LogP contribution in [0.15, 0.2) is 60.7 Å².